The number of esters is 2. The highest BCUT2D eigenvalue weighted by molar-refractivity contribution is 5.87. The summed E-state index contributed by atoms with van der Waals surface area (Å²) in [6, 6.07) is 0. The Morgan fingerprint density at radius 1 is 1.38 bits per heavy atom. The highest BCUT2D eigenvalue weighted by Crippen LogP contribution is 2.06. The van der Waals surface area contributed by atoms with Gasteiger partial charge in [-0.15, -0.1) is 0 Å². The zero-order valence-electron chi connectivity index (χ0n) is 9.72. The number of ether oxygens (including phenoxy) is 1. The molecule has 3 nitrogen and oxygen atoms in total. The average Bonchev–Trinajstić information content (AvgIpc) is 2.01. The van der Waals surface area contributed by atoms with Crippen LogP contribution in [0.1, 0.15) is 27.3 Å². The Morgan fingerprint density at radius 2 is 1.88 bits per heavy atom. The predicted molar refractivity (Wildman–Crippen MR) is 24.9 cm³/mol. The maximum absolute atomic E-state index is 10.8. The Bertz CT molecular complexity index is 281. The summed E-state index contributed by atoms with van der Waals surface area (Å²) in [4.78, 5) is 21.6. The number of rotatable bonds is 0. The van der Waals surface area contributed by atoms with Gasteiger partial charge in [-0.25, -0.2) is 0 Å². The summed E-state index contributed by atoms with van der Waals surface area (Å²) in [5, 5.41) is 0. The molecule has 0 spiro atoms. The first kappa shape index (κ1) is 1.56. The van der Waals surface area contributed by atoms with Gasteiger partial charge in [-0.2, -0.15) is 0 Å². The highest BCUT2D eigenvalue weighted by Gasteiger charge is 2.15. The van der Waals surface area contributed by atoms with Crippen molar-refractivity contribution >= 4 is 11.9 Å². The quantitative estimate of drug-likeness (QED) is 0.339. The minimum absolute atomic E-state index is 1.71. The molecule has 0 aromatic heterocycles. The van der Waals surface area contributed by atoms with E-state index in [0.29, 0.717) is 0 Å². The first-order valence-corrected chi connectivity index (χ1v) is 1.82. The van der Waals surface area contributed by atoms with Gasteiger partial charge in [-0.05, 0) is 6.37 Å². The van der Waals surface area contributed by atoms with Crippen LogP contribution in [-0.4, -0.2) is 11.9 Å². The molecular formula is C5H6O3. The third kappa shape index (κ3) is 1.05. The van der Waals surface area contributed by atoms with E-state index in [1.165, 1.54) is 0 Å². The molecule has 1 aliphatic rings. The lowest BCUT2D eigenvalue weighted by Crippen LogP contribution is -2.17. The Hall–Kier alpha value is -0.860. The maximum Gasteiger partial charge on any atom is 0.313 e. The fourth-order valence-corrected chi connectivity index (χ4v) is 0.269. The Morgan fingerprint density at radius 3 is 2.38 bits per heavy atom. The van der Waals surface area contributed by atoms with E-state index in [0.717, 1.165) is 0 Å². The van der Waals surface area contributed by atoms with Crippen LogP contribution >= 0.6 is 0 Å². The molecule has 1 aliphatic heterocycles. The van der Waals surface area contributed by atoms with E-state index in [9.17, 15) is 9.59 Å². The van der Waals surface area contributed by atoms with Crippen LogP contribution in [0.5, 0.6) is 0 Å². The van der Waals surface area contributed by atoms with E-state index < -0.39 is 31.1 Å². The van der Waals surface area contributed by atoms with Crippen molar-refractivity contribution in [3.05, 3.63) is 0 Å². The number of carbonyl (C=O) groups excluding carboxylic acids is 2. The van der Waals surface area contributed by atoms with E-state index in [2.05, 4.69) is 4.74 Å². The molecule has 0 atom stereocenters. The van der Waals surface area contributed by atoms with Crippen molar-refractivity contribution in [3.63, 3.8) is 0 Å². The first-order chi connectivity index (χ1) is 6.05. The largest absolute Gasteiger partial charge is 0.393 e. The summed E-state index contributed by atoms with van der Waals surface area (Å²) in [6.45, 7) is 0. The summed E-state index contributed by atoms with van der Waals surface area (Å²) < 4.78 is 46.0. The first-order valence-electron chi connectivity index (χ1n) is 4.82. The number of cyclic esters (lactones) is 2. The van der Waals surface area contributed by atoms with Gasteiger partial charge in [0.25, 0.3) is 0 Å². The summed E-state index contributed by atoms with van der Waals surface area (Å²) >= 11 is 0. The maximum atomic E-state index is 10.8. The molecule has 0 unspecified atom stereocenters. The molecule has 0 aliphatic carbocycles. The van der Waals surface area contributed by atoms with Crippen molar-refractivity contribution in [2.24, 2.45) is 0 Å². The van der Waals surface area contributed by atoms with Gasteiger partial charge in [0.15, 0.2) is 0 Å². The van der Waals surface area contributed by atoms with E-state index in [-0.39, 0.29) is 0 Å². The second-order valence-electron chi connectivity index (χ2n) is 1.05. The van der Waals surface area contributed by atoms with Gasteiger partial charge < -0.3 is 4.74 Å². The van der Waals surface area contributed by atoms with Crippen LogP contribution in [0, 0.1) is 0 Å². The normalized spacial score (nSPS) is 50.5. The van der Waals surface area contributed by atoms with Crippen LogP contribution in [0.2, 0.25) is 0 Å². The molecular weight excluding hydrogens is 108 g/mol. The fraction of sp³-hybridized carbons (Fsp3) is 0.600. The second kappa shape index (κ2) is 1.94. The summed E-state index contributed by atoms with van der Waals surface area (Å²) in [7, 11) is 0. The Kier molecular flexibility index (Phi) is 0.378. The lowest BCUT2D eigenvalue weighted by molar-refractivity contribution is -0.163. The van der Waals surface area contributed by atoms with Crippen LogP contribution in [0.15, 0.2) is 0 Å². The van der Waals surface area contributed by atoms with Crippen molar-refractivity contribution in [1.29, 1.82) is 0 Å². The summed E-state index contributed by atoms with van der Waals surface area (Å²) in [5.41, 5.74) is 0. The SMILES string of the molecule is [2H]C1([2H])C(=O)OC(=O)C([2H])([2H])C1([2H])[2H]. The number of hydrogen-bond donors (Lipinski definition) is 0. The van der Waals surface area contributed by atoms with Gasteiger partial charge in [0.05, 0.1) is 0 Å². The van der Waals surface area contributed by atoms with Crippen molar-refractivity contribution in [2.75, 3.05) is 0 Å². The molecule has 0 N–H and O–H groups in total. The number of carbonyl (C=O) groups is 2. The van der Waals surface area contributed by atoms with Crippen LogP contribution in [-0.2, 0) is 14.3 Å². The molecule has 8 heavy (non-hydrogen) atoms. The van der Waals surface area contributed by atoms with Crippen LogP contribution in [0.3, 0.4) is 0 Å². The Balaban J connectivity index is 3.31. The molecule has 0 saturated carbocycles. The van der Waals surface area contributed by atoms with Crippen molar-refractivity contribution in [3.8, 4) is 0 Å². The van der Waals surface area contributed by atoms with Crippen LogP contribution in [0.25, 0.3) is 0 Å². The lowest BCUT2D eigenvalue weighted by Gasteiger charge is -2.06. The monoisotopic (exact) mass is 120 g/mol. The molecule has 1 rings (SSSR count). The van der Waals surface area contributed by atoms with Gasteiger partial charge in [0, 0.05) is 21.0 Å². The summed E-state index contributed by atoms with van der Waals surface area (Å²) in [5.74, 6) is -3.41. The molecule has 3 heteroatoms. The van der Waals surface area contributed by atoms with Crippen LogP contribution < -0.4 is 0 Å². The smallest absolute Gasteiger partial charge is 0.313 e. The van der Waals surface area contributed by atoms with Gasteiger partial charge >= 0.3 is 11.9 Å². The molecule has 44 valence electrons. The van der Waals surface area contributed by atoms with Crippen molar-refractivity contribution in [1.82, 2.24) is 0 Å². The van der Waals surface area contributed by atoms with Gasteiger partial charge in [-0.3, -0.25) is 9.59 Å². The predicted octanol–water partition coefficient (Wildman–Crippen LogP) is 0.240. The van der Waals surface area contributed by atoms with Gasteiger partial charge in [0.2, 0.25) is 0 Å². The summed E-state index contributed by atoms with van der Waals surface area (Å²) in [6.07, 6.45) is -9.60. The second-order valence-corrected chi connectivity index (χ2v) is 1.05. The molecule has 1 fully saturated rings. The molecule has 0 amide bonds. The molecule has 1 saturated heterocycles. The molecule has 0 aromatic rings. The van der Waals surface area contributed by atoms with E-state index in [4.69, 9.17) is 8.22 Å². The third-order valence-corrected chi connectivity index (χ3v) is 0.515. The minimum Gasteiger partial charge on any atom is -0.393 e. The molecule has 0 bridgehead atoms. The molecule has 0 radical (unpaired) electrons. The molecule has 1 heterocycles. The van der Waals surface area contributed by atoms with Crippen molar-refractivity contribution < 1.29 is 22.6 Å². The zero-order valence-corrected chi connectivity index (χ0v) is 3.72. The van der Waals surface area contributed by atoms with Crippen LogP contribution in [0.4, 0.5) is 0 Å². The zero-order chi connectivity index (χ0) is 11.4. The van der Waals surface area contributed by atoms with E-state index >= 15 is 0 Å². The lowest BCUT2D eigenvalue weighted by atomic mass is 10.2. The Labute approximate surface area is 55.1 Å². The fourth-order valence-electron chi connectivity index (χ4n) is 0.269. The number of hydrogen-bond acceptors (Lipinski definition) is 3. The third-order valence-electron chi connectivity index (χ3n) is 0.515. The average molecular weight is 120 g/mol. The molecule has 0 aromatic carbocycles. The minimum atomic E-state index is -3.24. The van der Waals surface area contributed by atoms with E-state index in [1.54, 1.807) is 0 Å². The topological polar surface area (TPSA) is 43.4 Å². The standard InChI is InChI=1S/C5H6O3/c6-4-2-1-3-5(7)8-4/h1-3H2/i1D2,2D2,3D2. The van der Waals surface area contributed by atoms with Gasteiger partial charge in [0.1, 0.15) is 0 Å². The van der Waals surface area contributed by atoms with E-state index in [1.807, 2.05) is 0 Å². The van der Waals surface area contributed by atoms with Gasteiger partial charge in [-0.1, -0.05) is 0 Å². The highest BCUT2D eigenvalue weighted by atomic mass is 16.6. The van der Waals surface area contributed by atoms with Crippen molar-refractivity contribution in [2.45, 2.75) is 19.1 Å².